The van der Waals surface area contributed by atoms with Gasteiger partial charge in [-0.25, -0.2) is 4.99 Å². The number of anilines is 1. The van der Waals surface area contributed by atoms with E-state index in [1.807, 2.05) is 0 Å². The largest absolute Gasteiger partial charge is 0.324 e. The summed E-state index contributed by atoms with van der Waals surface area (Å²) in [5.74, 6) is 0.236. The lowest BCUT2D eigenvalue weighted by atomic mass is 9.86. The van der Waals surface area contributed by atoms with Crippen LogP contribution in [0.5, 0.6) is 0 Å². The number of nitrogens with zero attached hydrogens (tertiary/aromatic N) is 2. The van der Waals surface area contributed by atoms with Crippen molar-refractivity contribution in [3.8, 4) is 0 Å². The molecule has 2 nitrogen and oxygen atoms in total. The fourth-order valence-electron chi connectivity index (χ4n) is 5.62. The molecule has 0 N–H and O–H groups in total. The molecule has 0 unspecified atom stereocenters. The molecule has 184 valence electrons. The van der Waals surface area contributed by atoms with Gasteiger partial charge in [-0.2, -0.15) is 0 Å². The van der Waals surface area contributed by atoms with Gasteiger partial charge in [-0.1, -0.05) is 103 Å². The van der Waals surface area contributed by atoms with Crippen molar-refractivity contribution in [3.05, 3.63) is 129 Å². The summed E-state index contributed by atoms with van der Waals surface area (Å²) in [5, 5.41) is 0. The SMILES string of the molecule is Cc1cc(C)c(N=CN(c2c(C)cc(C)cc2C)[C@H](c2ccccc2)[C@H](C)c2ccccc2)c(C)c1. The van der Waals surface area contributed by atoms with Crippen molar-refractivity contribution in [1.82, 2.24) is 0 Å². The molecule has 2 atom stereocenters. The van der Waals surface area contributed by atoms with Gasteiger partial charge in [0.05, 0.1) is 18.1 Å². The summed E-state index contributed by atoms with van der Waals surface area (Å²) in [7, 11) is 0. The second-order valence-corrected chi connectivity index (χ2v) is 10.2. The predicted molar refractivity (Wildman–Crippen MR) is 156 cm³/mol. The summed E-state index contributed by atoms with van der Waals surface area (Å²) in [6, 6.07) is 30.7. The molecule has 0 heterocycles. The monoisotopic (exact) mass is 474 g/mol. The molecule has 4 rings (SSSR count). The zero-order valence-corrected chi connectivity index (χ0v) is 22.7. The highest BCUT2D eigenvalue weighted by Crippen LogP contribution is 2.41. The van der Waals surface area contributed by atoms with Crippen LogP contribution in [0.25, 0.3) is 0 Å². The molecule has 4 aromatic rings. The number of rotatable bonds is 7. The summed E-state index contributed by atoms with van der Waals surface area (Å²) >= 11 is 0. The van der Waals surface area contributed by atoms with Crippen LogP contribution in [0.3, 0.4) is 0 Å². The van der Waals surface area contributed by atoms with Gasteiger partial charge < -0.3 is 4.90 Å². The lowest BCUT2D eigenvalue weighted by molar-refractivity contribution is 0.593. The molecule has 36 heavy (non-hydrogen) atoms. The number of benzene rings is 4. The van der Waals surface area contributed by atoms with Crippen molar-refractivity contribution >= 4 is 17.7 Å². The van der Waals surface area contributed by atoms with E-state index in [-0.39, 0.29) is 12.0 Å². The quantitative estimate of drug-likeness (QED) is 0.192. The molecule has 0 bridgehead atoms. The predicted octanol–water partition coefficient (Wildman–Crippen LogP) is 9.25. The molecule has 0 saturated heterocycles. The third-order valence-electron chi connectivity index (χ3n) is 7.08. The number of hydrogen-bond donors (Lipinski definition) is 0. The van der Waals surface area contributed by atoms with Crippen molar-refractivity contribution in [1.29, 1.82) is 0 Å². The van der Waals surface area contributed by atoms with Gasteiger partial charge >= 0.3 is 0 Å². The Balaban J connectivity index is 1.94. The summed E-state index contributed by atoms with van der Waals surface area (Å²) in [6.07, 6.45) is 2.08. The van der Waals surface area contributed by atoms with Gasteiger partial charge in [0.2, 0.25) is 0 Å². The summed E-state index contributed by atoms with van der Waals surface area (Å²) in [6.45, 7) is 15.4. The third-order valence-corrected chi connectivity index (χ3v) is 7.08. The minimum Gasteiger partial charge on any atom is -0.324 e. The van der Waals surface area contributed by atoms with Gasteiger partial charge in [-0.05, 0) is 74.9 Å². The first-order chi connectivity index (χ1) is 17.3. The second kappa shape index (κ2) is 11.0. The van der Waals surface area contributed by atoms with Crippen LogP contribution in [-0.4, -0.2) is 6.34 Å². The van der Waals surface area contributed by atoms with E-state index in [0.717, 1.165) is 5.69 Å². The first-order valence-electron chi connectivity index (χ1n) is 12.8. The van der Waals surface area contributed by atoms with Crippen molar-refractivity contribution in [2.75, 3.05) is 4.90 Å². The number of aliphatic imine (C=N–C) groups is 1. The average molecular weight is 475 g/mol. The summed E-state index contributed by atoms with van der Waals surface area (Å²) < 4.78 is 0. The van der Waals surface area contributed by atoms with Gasteiger partial charge in [0.25, 0.3) is 0 Å². The second-order valence-electron chi connectivity index (χ2n) is 10.2. The van der Waals surface area contributed by atoms with Crippen LogP contribution in [0.1, 0.15) is 63.4 Å². The highest BCUT2D eigenvalue weighted by molar-refractivity contribution is 5.86. The van der Waals surface area contributed by atoms with Crippen LogP contribution in [0.15, 0.2) is 89.9 Å². The Morgan fingerprint density at radius 1 is 0.611 bits per heavy atom. The van der Waals surface area contributed by atoms with Gasteiger partial charge in [-0.3, -0.25) is 0 Å². The normalized spacial score (nSPS) is 13.1. The van der Waals surface area contributed by atoms with E-state index in [9.17, 15) is 0 Å². The fourth-order valence-corrected chi connectivity index (χ4v) is 5.62. The minimum absolute atomic E-state index is 0.0727. The third kappa shape index (κ3) is 5.44. The Labute approximate surface area is 217 Å². The minimum atomic E-state index is 0.0727. The van der Waals surface area contributed by atoms with E-state index in [1.165, 1.54) is 50.2 Å². The van der Waals surface area contributed by atoms with Crippen molar-refractivity contribution < 1.29 is 0 Å². The van der Waals surface area contributed by atoms with E-state index >= 15 is 0 Å². The van der Waals surface area contributed by atoms with E-state index in [0.29, 0.717) is 0 Å². The van der Waals surface area contributed by atoms with Crippen molar-refractivity contribution in [3.63, 3.8) is 0 Å². The maximum Gasteiger partial charge on any atom is 0.0963 e. The topological polar surface area (TPSA) is 15.6 Å². The van der Waals surface area contributed by atoms with Crippen LogP contribution >= 0.6 is 0 Å². The first kappa shape index (κ1) is 25.4. The maximum atomic E-state index is 5.15. The molecule has 0 saturated carbocycles. The molecule has 4 aromatic carbocycles. The highest BCUT2D eigenvalue weighted by atomic mass is 15.2. The number of hydrogen-bond acceptors (Lipinski definition) is 1. The Kier molecular flexibility index (Phi) is 7.74. The molecular weight excluding hydrogens is 436 g/mol. The van der Waals surface area contributed by atoms with Crippen LogP contribution in [0, 0.1) is 41.5 Å². The molecule has 0 aliphatic heterocycles. The highest BCUT2D eigenvalue weighted by Gasteiger charge is 2.29. The summed E-state index contributed by atoms with van der Waals surface area (Å²) in [5.41, 5.74) is 12.3. The van der Waals surface area contributed by atoms with E-state index in [1.54, 1.807) is 0 Å². The standard InChI is InChI=1S/C34H38N2/c1-23-18-25(3)32(26(4)19-23)35-22-36(33-27(5)20-24(2)21-28(33)6)34(31-16-12-9-13-17-31)29(7)30-14-10-8-11-15-30/h8-22,29,34H,1-7H3/t29-,34+/m1/s1. The Morgan fingerprint density at radius 2 is 1.06 bits per heavy atom. The lowest BCUT2D eigenvalue weighted by Gasteiger charge is -2.37. The molecule has 0 amide bonds. The van der Waals surface area contributed by atoms with Gasteiger partial charge in [0, 0.05) is 11.6 Å². The Bertz CT molecular complexity index is 1310. The van der Waals surface area contributed by atoms with E-state index in [2.05, 4.69) is 145 Å². The molecule has 2 heteroatoms. The molecule has 0 aliphatic rings. The van der Waals surface area contributed by atoms with E-state index in [4.69, 9.17) is 4.99 Å². The van der Waals surface area contributed by atoms with Crippen molar-refractivity contribution in [2.45, 2.75) is 60.4 Å². The smallest absolute Gasteiger partial charge is 0.0963 e. The molecule has 0 aromatic heterocycles. The fraction of sp³-hybridized carbons (Fsp3) is 0.265. The van der Waals surface area contributed by atoms with Crippen molar-refractivity contribution in [2.24, 2.45) is 4.99 Å². The zero-order chi connectivity index (χ0) is 25.8. The average Bonchev–Trinajstić information content (AvgIpc) is 2.83. The lowest BCUT2D eigenvalue weighted by Crippen LogP contribution is -2.32. The molecular formula is C34H38N2. The van der Waals surface area contributed by atoms with Crippen LogP contribution in [0.4, 0.5) is 11.4 Å². The Hall–Kier alpha value is -3.65. The van der Waals surface area contributed by atoms with Gasteiger partial charge in [-0.15, -0.1) is 0 Å². The van der Waals surface area contributed by atoms with Gasteiger partial charge in [0.1, 0.15) is 0 Å². The molecule has 0 aliphatic carbocycles. The zero-order valence-electron chi connectivity index (χ0n) is 22.7. The molecule has 0 radical (unpaired) electrons. The van der Waals surface area contributed by atoms with Crippen LogP contribution in [-0.2, 0) is 0 Å². The maximum absolute atomic E-state index is 5.15. The van der Waals surface area contributed by atoms with Crippen LogP contribution in [0.2, 0.25) is 0 Å². The van der Waals surface area contributed by atoms with E-state index < -0.39 is 0 Å². The Morgan fingerprint density at radius 3 is 1.56 bits per heavy atom. The van der Waals surface area contributed by atoms with Gasteiger partial charge in [0.15, 0.2) is 0 Å². The first-order valence-corrected chi connectivity index (χ1v) is 12.8. The summed E-state index contributed by atoms with van der Waals surface area (Å²) in [4.78, 5) is 7.56. The molecule has 0 spiro atoms. The molecule has 0 fully saturated rings. The number of aryl methyl sites for hydroxylation is 6. The van der Waals surface area contributed by atoms with Crippen LogP contribution < -0.4 is 4.90 Å².